The number of carbonyl (C=O) groups is 3. The largest absolute Gasteiger partial charge is 0.496 e. The minimum Gasteiger partial charge on any atom is -0.496 e. The lowest BCUT2D eigenvalue weighted by molar-refractivity contribution is -0.150. The number of aliphatic carboxylic acids is 1. The van der Waals surface area contributed by atoms with Crippen LogP contribution in [0.4, 0.5) is 0 Å². The average Bonchev–Trinajstić information content (AvgIpc) is 3.75. The van der Waals surface area contributed by atoms with E-state index in [0.29, 0.717) is 55.9 Å². The third-order valence-electron chi connectivity index (χ3n) is 10.5. The van der Waals surface area contributed by atoms with Gasteiger partial charge in [0.15, 0.2) is 0 Å². The van der Waals surface area contributed by atoms with Crippen LogP contribution in [-0.4, -0.2) is 48.7 Å². The van der Waals surface area contributed by atoms with Crippen LogP contribution in [0, 0.1) is 51.8 Å². The summed E-state index contributed by atoms with van der Waals surface area (Å²) >= 11 is 0. The molecule has 208 valence electrons. The molecule has 0 aromatic heterocycles. The lowest BCUT2D eigenvalue weighted by atomic mass is 9.70. The zero-order chi connectivity index (χ0) is 27.7. The zero-order valence-electron chi connectivity index (χ0n) is 22.8. The van der Waals surface area contributed by atoms with Crippen LogP contribution in [0.3, 0.4) is 0 Å². The normalized spacial score (nSPS) is 36.4. The monoisotopic (exact) mass is 535 g/mol. The van der Waals surface area contributed by atoms with Crippen LogP contribution in [0.15, 0.2) is 12.1 Å². The number of nitriles is 1. The Hall–Kier alpha value is -3.28. The fourth-order valence-electron chi connectivity index (χ4n) is 7.53. The summed E-state index contributed by atoms with van der Waals surface area (Å²) in [4.78, 5) is 38.4. The van der Waals surface area contributed by atoms with Gasteiger partial charge in [-0.05, 0) is 80.6 Å². The second kappa shape index (κ2) is 9.14. The molecule has 0 radical (unpaired) electrons. The van der Waals surface area contributed by atoms with Gasteiger partial charge in [0.25, 0.3) is 5.91 Å². The number of rotatable bonds is 9. The smallest absolute Gasteiger partial charge is 0.309 e. The molecule has 6 fully saturated rings. The second-order valence-corrected chi connectivity index (χ2v) is 13.1. The Morgan fingerprint density at radius 1 is 1.05 bits per heavy atom. The molecule has 1 aromatic rings. The third-order valence-corrected chi connectivity index (χ3v) is 10.5. The highest BCUT2D eigenvalue weighted by Crippen LogP contribution is 2.83. The molecule has 6 saturated carbocycles. The van der Waals surface area contributed by atoms with Crippen LogP contribution in [0.25, 0.3) is 0 Å². The number of amides is 2. The minimum absolute atomic E-state index is 0.0485. The van der Waals surface area contributed by atoms with Gasteiger partial charge in [0.1, 0.15) is 17.6 Å². The molecule has 1 aromatic carbocycles. The maximum Gasteiger partial charge on any atom is 0.309 e. The SMILES string of the molecule is COc1cc(C#N)c(OC2CCC(C)(C(=O)O)CC2)cc1C(=O)NC1C2C3C2C3[C@@H]1C(=O)NCC1(C)CCC1. The summed E-state index contributed by atoms with van der Waals surface area (Å²) < 4.78 is 11.6. The molecule has 2 amide bonds. The molecule has 0 aliphatic heterocycles. The van der Waals surface area contributed by atoms with Crippen molar-refractivity contribution in [3.63, 3.8) is 0 Å². The number of nitrogens with one attached hydrogen (secondary N) is 2. The van der Waals surface area contributed by atoms with Gasteiger partial charge in [0.2, 0.25) is 5.91 Å². The summed E-state index contributed by atoms with van der Waals surface area (Å²) in [6.07, 6.45) is 5.29. The first-order chi connectivity index (χ1) is 18.6. The number of carboxylic acids is 1. The fourth-order valence-corrected chi connectivity index (χ4v) is 7.53. The summed E-state index contributed by atoms with van der Waals surface area (Å²) in [6, 6.07) is 4.98. The summed E-state index contributed by atoms with van der Waals surface area (Å²) in [5, 5.41) is 25.6. The van der Waals surface area contributed by atoms with E-state index in [0.717, 1.165) is 12.8 Å². The second-order valence-electron chi connectivity index (χ2n) is 13.1. The van der Waals surface area contributed by atoms with E-state index in [-0.39, 0.29) is 57.9 Å². The molecule has 6 aliphatic carbocycles. The van der Waals surface area contributed by atoms with Gasteiger partial charge in [0, 0.05) is 18.7 Å². The van der Waals surface area contributed by atoms with Gasteiger partial charge in [-0.15, -0.1) is 0 Å². The van der Waals surface area contributed by atoms with E-state index in [1.165, 1.54) is 19.6 Å². The summed E-state index contributed by atoms with van der Waals surface area (Å²) in [5.74, 6) is 1.09. The Labute approximate surface area is 228 Å². The van der Waals surface area contributed by atoms with E-state index in [1.807, 2.05) is 0 Å². The molecule has 0 heterocycles. The molecule has 39 heavy (non-hydrogen) atoms. The Kier molecular flexibility index (Phi) is 6.09. The van der Waals surface area contributed by atoms with Crippen LogP contribution < -0.4 is 20.1 Å². The maximum absolute atomic E-state index is 13.6. The van der Waals surface area contributed by atoms with Gasteiger partial charge in [-0.1, -0.05) is 13.3 Å². The highest BCUT2D eigenvalue weighted by molar-refractivity contribution is 5.98. The van der Waals surface area contributed by atoms with E-state index < -0.39 is 11.4 Å². The van der Waals surface area contributed by atoms with Crippen LogP contribution in [0.5, 0.6) is 11.5 Å². The predicted molar refractivity (Wildman–Crippen MR) is 140 cm³/mol. The highest BCUT2D eigenvalue weighted by Gasteiger charge is 2.85. The molecule has 7 rings (SSSR count). The molecule has 2 bridgehead atoms. The Morgan fingerprint density at radius 2 is 1.74 bits per heavy atom. The zero-order valence-corrected chi connectivity index (χ0v) is 22.8. The van der Waals surface area contributed by atoms with Crippen molar-refractivity contribution >= 4 is 17.8 Å². The number of methoxy groups -OCH3 is 1. The van der Waals surface area contributed by atoms with E-state index in [2.05, 4.69) is 23.6 Å². The van der Waals surface area contributed by atoms with Gasteiger partial charge in [-0.2, -0.15) is 5.26 Å². The van der Waals surface area contributed by atoms with E-state index in [9.17, 15) is 24.8 Å². The number of hydrogen-bond donors (Lipinski definition) is 3. The average molecular weight is 536 g/mol. The van der Waals surface area contributed by atoms with Crippen LogP contribution >= 0.6 is 0 Å². The number of ether oxygens (including phenoxy) is 2. The first-order valence-corrected chi connectivity index (χ1v) is 14.2. The first-order valence-electron chi connectivity index (χ1n) is 14.2. The molecule has 3 N–H and O–H groups in total. The van der Waals surface area contributed by atoms with Gasteiger partial charge in [-0.25, -0.2) is 0 Å². The number of carboxylic acid groups (broad SMARTS) is 1. The summed E-state index contributed by atoms with van der Waals surface area (Å²) in [7, 11) is 1.45. The Morgan fingerprint density at radius 3 is 2.31 bits per heavy atom. The minimum atomic E-state index is -0.807. The van der Waals surface area contributed by atoms with E-state index in [4.69, 9.17) is 9.47 Å². The van der Waals surface area contributed by atoms with Crippen molar-refractivity contribution in [3.05, 3.63) is 23.3 Å². The molecule has 4 atom stereocenters. The lowest BCUT2D eigenvalue weighted by Crippen LogP contribution is -2.47. The Balaban J connectivity index is 1.16. The van der Waals surface area contributed by atoms with E-state index >= 15 is 0 Å². The molecule has 9 heteroatoms. The van der Waals surface area contributed by atoms with Crippen molar-refractivity contribution in [2.45, 2.75) is 70.9 Å². The number of fused-ring (bicyclic) bond motifs is 1. The predicted octanol–water partition coefficient (Wildman–Crippen LogP) is 3.51. The number of nitrogens with zero attached hydrogens (tertiary/aromatic N) is 1. The Bertz CT molecular complexity index is 1250. The third kappa shape index (κ3) is 4.32. The fraction of sp³-hybridized carbons (Fsp3) is 0.667. The summed E-state index contributed by atoms with van der Waals surface area (Å²) in [6.45, 7) is 4.65. The number of hydrogen-bond acceptors (Lipinski definition) is 6. The molecular formula is C30H37N3O6. The van der Waals surface area contributed by atoms with Gasteiger partial charge >= 0.3 is 5.97 Å². The molecular weight excluding hydrogens is 498 g/mol. The number of carbonyl (C=O) groups excluding carboxylic acids is 2. The van der Waals surface area contributed by atoms with Crippen molar-refractivity contribution in [3.8, 4) is 17.6 Å². The van der Waals surface area contributed by atoms with Crippen molar-refractivity contribution in [1.82, 2.24) is 10.6 Å². The summed E-state index contributed by atoms with van der Waals surface area (Å²) in [5.41, 5.74) is -0.0626. The van der Waals surface area contributed by atoms with Crippen molar-refractivity contribution in [2.24, 2.45) is 40.4 Å². The van der Waals surface area contributed by atoms with Gasteiger partial charge in [0.05, 0.1) is 35.7 Å². The lowest BCUT2D eigenvalue weighted by Gasteiger charge is -2.38. The van der Waals surface area contributed by atoms with Crippen LogP contribution in [0.1, 0.15) is 74.7 Å². The molecule has 0 saturated heterocycles. The van der Waals surface area contributed by atoms with Crippen LogP contribution in [0.2, 0.25) is 0 Å². The van der Waals surface area contributed by atoms with Crippen molar-refractivity contribution in [1.29, 1.82) is 5.26 Å². The molecule has 0 spiro atoms. The van der Waals surface area contributed by atoms with Gasteiger partial charge in [-0.3, -0.25) is 14.4 Å². The highest BCUT2D eigenvalue weighted by atomic mass is 16.5. The van der Waals surface area contributed by atoms with Crippen molar-refractivity contribution in [2.75, 3.05) is 13.7 Å². The quantitative estimate of drug-likeness (QED) is 0.440. The van der Waals surface area contributed by atoms with Crippen LogP contribution in [-0.2, 0) is 9.59 Å². The number of benzene rings is 1. The molecule has 9 nitrogen and oxygen atoms in total. The van der Waals surface area contributed by atoms with Gasteiger partial charge < -0.3 is 25.2 Å². The maximum atomic E-state index is 13.6. The molecule has 6 aliphatic rings. The van der Waals surface area contributed by atoms with Crippen molar-refractivity contribution < 1.29 is 29.0 Å². The molecule has 3 unspecified atom stereocenters. The first kappa shape index (κ1) is 26.0. The topological polar surface area (TPSA) is 138 Å². The standard InChI is InChI=1S/C30H37N3O6/c1-29(7-4-8-29)14-32-27(35)24-22-20-21(22)23(20)25(24)33-26(34)17-12-18(15(13-31)11-19(17)38-3)39-16-5-9-30(2,10-6-16)28(36)37/h11-12,16,20-25H,4-10,14H2,1-3H3,(H,32,35)(H,33,34)(H,36,37)/t16?,20?,21?,22?,23?,24-,25?,30?/m0/s1. The van der Waals surface area contributed by atoms with E-state index in [1.54, 1.807) is 13.0 Å².